The van der Waals surface area contributed by atoms with Crippen LogP contribution in [0.1, 0.15) is 20.3 Å². The summed E-state index contributed by atoms with van der Waals surface area (Å²) in [7, 11) is 0. The van der Waals surface area contributed by atoms with Gasteiger partial charge in [0.2, 0.25) is 0 Å². The molecule has 0 fully saturated rings. The average Bonchev–Trinajstić information content (AvgIpc) is 2.86. The fourth-order valence-corrected chi connectivity index (χ4v) is 3.80. The van der Waals surface area contributed by atoms with E-state index in [9.17, 15) is 0 Å². The first-order chi connectivity index (χ1) is 9.24. The van der Waals surface area contributed by atoms with Gasteiger partial charge in [0.05, 0.1) is 9.83 Å². The van der Waals surface area contributed by atoms with Crippen LogP contribution in [0.25, 0.3) is 10.8 Å². The molecule has 1 unspecified atom stereocenters. The number of rotatable bonds is 3. The highest BCUT2D eigenvalue weighted by Crippen LogP contribution is 2.33. The SMILES string of the molecule is Cc1ncc(C(Br)Cc2cccc3ccccc23)s1. The van der Waals surface area contributed by atoms with Gasteiger partial charge in [0.25, 0.3) is 0 Å². The quantitative estimate of drug-likeness (QED) is 0.594. The Kier molecular flexibility index (Phi) is 3.67. The van der Waals surface area contributed by atoms with E-state index in [0.717, 1.165) is 11.4 Å². The van der Waals surface area contributed by atoms with Crippen LogP contribution in [-0.4, -0.2) is 4.98 Å². The fraction of sp³-hybridized carbons (Fsp3) is 0.188. The summed E-state index contributed by atoms with van der Waals surface area (Å²) in [5.74, 6) is 0. The Bertz CT molecular complexity index is 699. The summed E-state index contributed by atoms with van der Waals surface area (Å²) in [5, 5.41) is 3.77. The van der Waals surface area contributed by atoms with Crippen molar-refractivity contribution < 1.29 is 0 Å². The van der Waals surface area contributed by atoms with Crippen LogP contribution in [-0.2, 0) is 6.42 Å². The molecule has 1 heterocycles. The predicted molar refractivity (Wildman–Crippen MR) is 86.2 cm³/mol. The first kappa shape index (κ1) is 12.8. The average molecular weight is 332 g/mol. The maximum Gasteiger partial charge on any atom is 0.0897 e. The van der Waals surface area contributed by atoms with Crippen molar-refractivity contribution in [3.05, 3.63) is 64.1 Å². The smallest absolute Gasteiger partial charge is 0.0897 e. The van der Waals surface area contributed by atoms with Crippen LogP contribution in [0.4, 0.5) is 0 Å². The lowest BCUT2D eigenvalue weighted by Crippen LogP contribution is -1.94. The Morgan fingerprint density at radius 3 is 2.74 bits per heavy atom. The second kappa shape index (κ2) is 5.43. The normalized spacial score (nSPS) is 12.7. The molecule has 0 saturated carbocycles. The zero-order valence-corrected chi connectivity index (χ0v) is 13.0. The van der Waals surface area contributed by atoms with Crippen LogP contribution in [0, 0.1) is 6.92 Å². The molecule has 19 heavy (non-hydrogen) atoms. The summed E-state index contributed by atoms with van der Waals surface area (Å²) in [5.41, 5.74) is 1.38. The number of aromatic nitrogens is 1. The number of alkyl halides is 1. The third-order valence-corrected chi connectivity index (χ3v) is 5.37. The van der Waals surface area contributed by atoms with Crippen molar-refractivity contribution in [2.24, 2.45) is 0 Å². The van der Waals surface area contributed by atoms with Gasteiger partial charge in [-0.05, 0) is 29.7 Å². The Hall–Kier alpha value is -1.19. The first-order valence-electron chi connectivity index (χ1n) is 6.27. The molecule has 3 heteroatoms. The van der Waals surface area contributed by atoms with E-state index in [2.05, 4.69) is 63.4 Å². The number of aryl methyl sites for hydroxylation is 1. The van der Waals surface area contributed by atoms with Gasteiger partial charge in [-0.25, -0.2) is 4.98 Å². The van der Waals surface area contributed by atoms with Gasteiger partial charge in [-0.2, -0.15) is 0 Å². The van der Waals surface area contributed by atoms with Crippen LogP contribution >= 0.6 is 27.3 Å². The van der Waals surface area contributed by atoms with E-state index in [4.69, 9.17) is 0 Å². The first-order valence-corrected chi connectivity index (χ1v) is 8.00. The lowest BCUT2D eigenvalue weighted by molar-refractivity contribution is 0.974. The van der Waals surface area contributed by atoms with Gasteiger partial charge in [0.15, 0.2) is 0 Å². The molecule has 0 N–H and O–H groups in total. The van der Waals surface area contributed by atoms with E-state index < -0.39 is 0 Å². The Morgan fingerprint density at radius 1 is 1.16 bits per heavy atom. The number of thiazole rings is 1. The summed E-state index contributed by atoms with van der Waals surface area (Å²) in [4.78, 5) is 5.96. The number of halogens is 1. The van der Waals surface area contributed by atoms with Gasteiger partial charge < -0.3 is 0 Å². The largest absolute Gasteiger partial charge is 0.250 e. The van der Waals surface area contributed by atoms with Crippen molar-refractivity contribution in [3.63, 3.8) is 0 Å². The van der Waals surface area contributed by atoms with Crippen LogP contribution in [0.3, 0.4) is 0 Å². The zero-order valence-electron chi connectivity index (χ0n) is 10.6. The van der Waals surface area contributed by atoms with Crippen molar-refractivity contribution in [1.82, 2.24) is 4.98 Å². The van der Waals surface area contributed by atoms with Crippen LogP contribution < -0.4 is 0 Å². The monoisotopic (exact) mass is 331 g/mol. The molecule has 0 saturated heterocycles. The van der Waals surface area contributed by atoms with E-state index in [1.165, 1.54) is 21.2 Å². The number of nitrogens with zero attached hydrogens (tertiary/aromatic N) is 1. The van der Waals surface area contributed by atoms with Crippen molar-refractivity contribution in [2.75, 3.05) is 0 Å². The second-order valence-electron chi connectivity index (χ2n) is 4.59. The van der Waals surface area contributed by atoms with Gasteiger partial charge in [-0.1, -0.05) is 58.4 Å². The van der Waals surface area contributed by atoms with Gasteiger partial charge in [0.1, 0.15) is 0 Å². The lowest BCUT2D eigenvalue weighted by Gasteiger charge is -2.10. The topological polar surface area (TPSA) is 12.9 Å². The standard InChI is InChI=1S/C16H14BrNS/c1-11-18-10-16(19-11)15(17)9-13-7-4-6-12-5-2-3-8-14(12)13/h2-8,10,15H,9H2,1H3. The summed E-state index contributed by atoms with van der Waals surface area (Å²) in [6.07, 6.45) is 2.97. The van der Waals surface area contributed by atoms with Crippen LogP contribution in [0.15, 0.2) is 48.7 Å². The molecule has 0 aliphatic rings. The number of fused-ring (bicyclic) bond motifs is 1. The molecule has 1 aromatic heterocycles. The summed E-state index contributed by atoms with van der Waals surface area (Å²) < 4.78 is 0. The summed E-state index contributed by atoms with van der Waals surface area (Å²) >= 11 is 5.55. The molecule has 0 aliphatic carbocycles. The second-order valence-corrected chi connectivity index (χ2v) is 6.96. The molecule has 0 spiro atoms. The van der Waals surface area contributed by atoms with Gasteiger partial charge in [-0.3, -0.25) is 0 Å². The highest BCUT2D eigenvalue weighted by molar-refractivity contribution is 9.09. The zero-order chi connectivity index (χ0) is 13.2. The molecular formula is C16H14BrNS. The highest BCUT2D eigenvalue weighted by atomic mass is 79.9. The van der Waals surface area contributed by atoms with Crippen molar-refractivity contribution in [3.8, 4) is 0 Å². The van der Waals surface area contributed by atoms with E-state index >= 15 is 0 Å². The minimum Gasteiger partial charge on any atom is -0.250 e. The van der Waals surface area contributed by atoms with Crippen LogP contribution in [0.2, 0.25) is 0 Å². The Labute approximate surface area is 125 Å². The van der Waals surface area contributed by atoms with Crippen molar-refractivity contribution in [1.29, 1.82) is 0 Å². The number of hydrogen-bond donors (Lipinski definition) is 0. The van der Waals surface area contributed by atoms with E-state index in [1.807, 2.05) is 13.1 Å². The van der Waals surface area contributed by atoms with Crippen molar-refractivity contribution in [2.45, 2.75) is 18.2 Å². The third-order valence-electron chi connectivity index (χ3n) is 3.23. The lowest BCUT2D eigenvalue weighted by atomic mass is 10.0. The van der Waals surface area contributed by atoms with E-state index in [0.29, 0.717) is 4.83 Å². The maximum absolute atomic E-state index is 4.33. The molecule has 0 amide bonds. The number of hydrogen-bond acceptors (Lipinski definition) is 2. The molecule has 2 aromatic carbocycles. The molecule has 0 radical (unpaired) electrons. The summed E-state index contributed by atoms with van der Waals surface area (Å²) in [6, 6.07) is 15.1. The molecular weight excluding hydrogens is 318 g/mol. The molecule has 1 atom stereocenters. The number of benzene rings is 2. The molecule has 3 rings (SSSR count). The summed E-state index contributed by atoms with van der Waals surface area (Å²) in [6.45, 7) is 2.05. The maximum atomic E-state index is 4.33. The van der Waals surface area contributed by atoms with E-state index in [-0.39, 0.29) is 0 Å². The third kappa shape index (κ3) is 2.72. The van der Waals surface area contributed by atoms with Crippen LogP contribution in [0.5, 0.6) is 0 Å². The molecule has 0 aliphatic heterocycles. The highest BCUT2D eigenvalue weighted by Gasteiger charge is 2.12. The minimum atomic E-state index is 0.338. The van der Waals surface area contributed by atoms with Gasteiger partial charge >= 0.3 is 0 Å². The van der Waals surface area contributed by atoms with E-state index in [1.54, 1.807) is 11.3 Å². The van der Waals surface area contributed by atoms with Gasteiger partial charge in [-0.15, -0.1) is 11.3 Å². The molecule has 0 bridgehead atoms. The van der Waals surface area contributed by atoms with Crippen molar-refractivity contribution >= 4 is 38.0 Å². The molecule has 1 nitrogen and oxygen atoms in total. The fourth-order valence-electron chi connectivity index (χ4n) is 2.29. The molecule has 96 valence electrons. The predicted octanol–water partition coefficient (Wildman–Crippen LogP) is 5.28. The minimum absolute atomic E-state index is 0.338. The Balaban J connectivity index is 1.93. The van der Waals surface area contributed by atoms with Gasteiger partial charge in [0, 0.05) is 11.1 Å². The molecule has 3 aromatic rings. The Morgan fingerprint density at radius 2 is 1.95 bits per heavy atom.